The minimum Gasteiger partial charge on any atom is -0.502 e. The van der Waals surface area contributed by atoms with Crippen LogP contribution < -0.4 is 10.9 Å². The lowest BCUT2D eigenvalue weighted by atomic mass is 9.89. The Kier molecular flexibility index (Phi) is 4.46. The molecule has 0 bridgehead atoms. The molecule has 9 nitrogen and oxygen atoms in total. The Labute approximate surface area is 203 Å². The number of ether oxygens (including phenoxy) is 1. The zero-order valence-corrected chi connectivity index (χ0v) is 19.4. The Morgan fingerprint density at radius 1 is 1.34 bits per heavy atom. The standard InChI is InChI=1S/C24H21ClFN3O6/c1-35-22(34)23-9-12(23)4-6-24(23)27-19(31)17-13-5-7-28(10-11-2-3-15(26)14(25)8-11)20(32)16(13)18(30)21(33)29(17)24/h2-3,8,12,30H,4-7,9-10H2,1H3,(H,27,31). The van der Waals surface area contributed by atoms with Crippen molar-refractivity contribution in [1.82, 2.24) is 14.8 Å². The van der Waals surface area contributed by atoms with Gasteiger partial charge in [0.25, 0.3) is 17.4 Å². The van der Waals surface area contributed by atoms with E-state index in [4.69, 9.17) is 16.3 Å². The van der Waals surface area contributed by atoms with Crippen LogP contribution in [0.3, 0.4) is 0 Å². The van der Waals surface area contributed by atoms with E-state index in [2.05, 4.69) is 5.32 Å². The van der Waals surface area contributed by atoms with Crippen LogP contribution in [-0.4, -0.2) is 46.0 Å². The fraction of sp³-hybridized carbons (Fsp3) is 0.417. The van der Waals surface area contributed by atoms with Gasteiger partial charge in [0.05, 0.1) is 17.7 Å². The number of pyridine rings is 1. The number of nitrogens with zero attached hydrogens (tertiary/aromatic N) is 2. The lowest BCUT2D eigenvalue weighted by molar-refractivity contribution is -0.152. The summed E-state index contributed by atoms with van der Waals surface area (Å²) >= 11 is 5.85. The van der Waals surface area contributed by atoms with E-state index < -0.39 is 46.0 Å². The number of halogens is 2. The van der Waals surface area contributed by atoms with Gasteiger partial charge in [0.2, 0.25) is 0 Å². The van der Waals surface area contributed by atoms with E-state index in [-0.39, 0.29) is 47.3 Å². The van der Waals surface area contributed by atoms with Crippen molar-refractivity contribution in [3.05, 3.63) is 61.8 Å². The Bertz CT molecular complexity index is 1420. The van der Waals surface area contributed by atoms with Crippen molar-refractivity contribution in [3.8, 4) is 5.75 Å². The highest BCUT2D eigenvalue weighted by Gasteiger charge is 2.79. The van der Waals surface area contributed by atoms with Crippen molar-refractivity contribution in [1.29, 1.82) is 0 Å². The summed E-state index contributed by atoms with van der Waals surface area (Å²) in [6, 6.07) is 4.11. The summed E-state index contributed by atoms with van der Waals surface area (Å²) in [5, 5.41) is 13.7. The molecule has 0 radical (unpaired) electrons. The number of methoxy groups -OCH3 is 1. The maximum Gasteiger partial charge on any atom is 0.316 e. The molecule has 2 amide bonds. The van der Waals surface area contributed by atoms with E-state index in [0.717, 1.165) is 0 Å². The van der Waals surface area contributed by atoms with E-state index >= 15 is 0 Å². The second-order valence-electron chi connectivity index (χ2n) is 9.63. The predicted molar refractivity (Wildman–Crippen MR) is 119 cm³/mol. The molecule has 2 aromatic rings. The van der Waals surface area contributed by atoms with Gasteiger partial charge < -0.3 is 20.1 Å². The van der Waals surface area contributed by atoms with Crippen molar-refractivity contribution >= 4 is 29.4 Å². The maximum absolute atomic E-state index is 13.5. The summed E-state index contributed by atoms with van der Waals surface area (Å²) in [6.45, 7) is 0.288. The minimum atomic E-state index is -1.33. The normalized spacial score (nSPS) is 28.0. The molecule has 11 heteroatoms. The highest BCUT2D eigenvalue weighted by atomic mass is 35.5. The number of hydrogen-bond acceptors (Lipinski definition) is 6. The summed E-state index contributed by atoms with van der Waals surface area (Å²) in [6.07, 6.45) is 1.63. The fourth-order valence-corrected chi connectivity index (χ4v) is 6.69. The zero-order chi connectivity index (χ0) is 24.9. The molecule has 35 heavy (non-hydrogen) atoms. The van der Waals surface area contributed by atoms with E-state index in [9.17, 15) is 28.7 Å². The average Bonchev–Trinajstić information content (AvgIpc) is 3.40. The quantitative estimate of drug-likeness (QED) is 0.620. The summed E-state index contributed by atoms with van der Waals surface area (Å²) in [5.41, 5.74) is -2.65. The molecule has 182 valence electrons. The summed E-state index contributed by atoms with van der Waals surface area (Å²) < 4.78 is 19.8. The minimum absolute atomic E-state index is 0.0106. The van der Waals surface area contributed by atoms with Crippen LogP contribution in [-0.2, 0) is 28.2 Å². The van der Waals surface area contributed by atoms with Gasteiger partial charge in [-0.15, -0.1) is 0 Å². The van der Waals surface area contributed by atoms with Crippen molar-refractivity contribution in [2.24, 2.45) is 11.3 Å². The fourth-order valence-electron chi connectivity index (χ4n) is 6.48. The third-order valence-corrected chi connectivity index (χ3v) is 8.40. The molecule has 2 N–H and O–H groups in total. The third-order valence-electron chi connectivity index (χ3n) is 8.11. The lowest BCUT2D eigenvalue weighted by Crippen LogP contribution is -2.55. The second-order valence-corrected chi connectivity index (χ2v) is 10.0. The molecule has 2 fully saturated rings. The van der Waals surface area contributed by atoms with Crippen LogP contribution in [0.25, 0.3) is 0 Å². The number of nitrogens with one attached hydrogen (secondary N) is 1. The molecule has 1 spiro atoms. The molecule has 2 aliphatic heterocycles. The second kappa shape index (κ2) is 7.07. The maximum atomic E-state index is 13.5. The predicted octanol–water partition coefficient (Wildman–Crippen LogP) is 1.91. The van der Waals surface area contributed by atoms with Crippen LogP contribution in [0.5, 0.6) is 5.75 Å². The first-order valence-electron chi connectivity index (χ1n) is 11.3. The van der Waals surface area contributed by atoms with E-state index in [1.54, 1.807) is 0 Å². The number of aromatic nitrogens is 1. The Morgan fingerprint density at radius 3 is 2.80 bits per heavy atom. The van der Waals surface area contributed by atoms with Crippen LogP contribution in [0.4, 0.5) is 4.39 Å². The van der Waals surface area contributed by atoms with Gasteiger partial charge in [0, 0.05) is 18.7 Å². The van der Waals surface area contributed by atoms with Gasteiger partial charge in [-0.1, -0.05) is 17.7 Å². The summed E-state index contributed by atoms with van der Waals surface area (Å²) in [4.78, 5) is 54.3. The molecular weight excluding hydrogens is 481 g/mol. The Morgan fingerprint density at radius 2 is 2.11 bits per heavy atom. The van der Waals surface area contributed by atoms with Crippen LogP contribution in [0.15, 0.2) is 23.0 Å². The first-order chi connectivity index (χ1) is 16.7. The van der Waals surface area contributed by atoms with Crippen molar-refractivity contribution in [2.45, 2.75) is 37.9 Å². The number of aromatic hydroxyl groups is 1. The molecule has 0 saturated heterocycles. The zero-order valence-electron chi connectivity index (χ0n) is 18.7. The lowest BCUT2D eigenvalue weighted by Gasteiger charge is -2.36. The van der Waals surface area contributed by atoms with Crippen LogP contribution in [0.2, 0.25) is 5.02 Å². The summed E-state index contributed by atoms with van der Waals surface area (Å²) in [7, 11) is 1.27. The molecule has 6 rings (SSSR count). The molecule has 3 atom stereocenters. The molecule has 4 aliphatic rings. The summed E-state index contributed by atoms with van der Waals surface area (Å²) in [5.74, 6) is -3.04. The number of hydrogen-bond donors (Lipinski definition) is 2. The molecule has 1 aromatic carbocycles. The van der Waals surface area contributed by atoms with Crippen molar-refractivity contribution in [2.75, 3.05) is 13.7 Å². The highest BCUT2D eigenvalue weighted by molar-refractivity contribution is 6.30. The third kappa shape index (κ3) is 2.63. The molecule has 2 aliphatic carbocycles. The van der Waals surface area contributed by atoms with Gasteiger partial charge in [-0.3, -0.25) is 23.7 Å². The van der Waals surface area contributed by atoms with E-state index in [1.165, 1.54) is 34.8 Å². The van der Waals surface area contributed by atoms with Crippen LogP contribution in [0, 0.1) is 17.2 Å². The van der Waals surface area contributed by atoms with Crippen LogP contribution >= 0.6 is 11.6 Å². The van der Waals surface area contributed by atoms with Crippen molar-refractivity contribution < 1.29 is 28.6 Å². The number of fused-ring (bicyclic) bond motifs is 6. The van der Waals surface area contributed by atoms with E-state index in [1.807, 2.05) is 0 Å². The number of carbonyl (C=O) groups excluding carboxylic acids is 3. The van der Waals surface area contributed by atoms with Gasteiger partial charge in [0.1, 0.15) is 22.6 Å². The van der Waals surface area contributed by atoms with Gasteiger partial charge in [-0.2, -0.15) is 0 Å². The Hall–Kier alpha value is -3.40. The molecule has 2 saturated carbocycles. The molecule has 3 heterocycles. The average molecular weight is 502 g/mol. The smallest absolute Gasteiger partial charge is 0.316 e. The Balaban J connectivity index is 1.45. The van der Waals surface area contributed by atoms with Crippen LogP contribution in [0.1, 0.15) is 51.2 Å². The number of rotatable bonds is 3. The van der Waals surface area contributed by atoms with Gasteiger partial charge in [0.15, 0.2) is 5.75 Å². The number of carbonyl (C=O) groups is 3. The number of benzene rings is 1. The van der Waals surface area contributed by atoms with E-state index in [0.29, 0.717) is 24.8 Å². The SMILES string of the molecule is COC(=O)C12CC1CCC21NC(=O)c2c3c(c(O)c(=O)n21)C(=O)N(Cc1ccc(F)c(Cl)c1)CC3. The monoisotopic (exact) mass is 501 g/mol. The number of esters is 1. The molecule has 3 unspecified atom stereocenters. The van der Waals surface area contributed by atoms with Gasteiger partial charge in [-0.05, 0) is 49.3 Å². The van der Waals surface area contributed by atoms with Gasteiger partial charge >= 0.3 is 5.97 Å². The number of amides is 2. The molecular formula is C24H21ClFN3O6. The topological polar surface area (TPSA) is 118 Å². The first-order valence-corrected chi connectivity index (χ1v) is 11.7. The van der Waals surface area contributed by atoms with Gasteiger partial charge in [-0.25, -0.2) is 4.39 Å². The van der Waals surface area contributed by atoms with Crippen molar-refractivity contribution in [3.63, 3.8) is 0 Å². The first kappa shape index (κ1) is 22.1. The highest BCUT2D eigenvalue weighted by Crippen LogP contribution is 2.71. The largest absolute Gasteiger partial charge is 0.502 e. The molecule has 1 aromatic heterocycles.